The molecule has 3 aliphatic rings. The van der Waals surface area contributed by atoms with E-state index in [0.717, 1.165) is 64.5 Å². The average molecular weight is 336 g/mol. The summed E-state index contributed by atoms with van der Waals surface area (Å²) in [4.78, 5) is 19.0. The Hall–Kier alpha value is -1.30. The van der Waals surface area contributed by atoms with E-state index in [-0.39, 0.29) is 5.92 Å². The summed E-state index contributed by atoms with van der Waals surface area (Å²) in [5.74, 6) is 2.08. The standard InChI is InChI=1S/C18H32N4O2/c1-19-18(20-11-14-8-10-24-13-14)21-16-7-9-22(12-16)17(23)15-5-3-2-4-6-15/h14-16H,2-13H2,1H3,(H2,19,20,21). The first kappa shape index (κ1) is 17.5. The van der Waals surface area contributed by atoms with E-state index in [2.05, 4.69) is 20.5 Å². The van der Waals surface area contributed by atoms with Crippen LogP contribution in [0.15, 0.2) is 4.99 Å². The second-order valence-electron chi connectivity index (χ2n) is 7.43. The van der Waals surface area contributed by atoms with Crippen molar-refractivity contribution >= 4 is 11.9 Å². The van der Waals surface area contributed by atoms with E-state index in [1.807, 2.05) is 0 Å². The van der Waals surface area contributed by atoms with Gasteiger partial charge in [-0.2, -0.15) is 0 Å². The molecule has 0 aromatic heterocycles. The lowest BCUT2D eigenvalue weighted by Gasteiger charge is -2.26. The Morgan fingerprint density at radius 2 is 2.04 bits per heavy atom. The van der Waals surface area contributed by atoms with E-state index in [1.165, 1.54) is 19.3 Å². The van der Waals surface area contributed by atoms with Crippen LogP contribution in [-0.2, 0) is 9.53 Å². The minimum atomic E-state index is 0.275. The third kappa shape index (κ3) is 4.62. The van der Waals surface area contributed by atoms with Crippen LogP contribution in [0.5, 0.6) is 0 Å². The van der Waals surface area contributed by atoms with Gasteiger partial charge in [0.1, 0.15) is 0 Å². The smallest absolute Gasteiger partial charge is 0.225 e. The quantitative estimate of drug-likeness (QED) is 0.601. The Bertz CT molecular complexity index is 442. The van der Waals surface area contributed by atoms with E-state index in [1.54, 1.807) is 7.05 Å². The van der Waals surface area contributed by atoms with Crippen LogP contribution in [-0.4, -0.2) is 62.7 Å². The average Bonchev–Trinajstić information content (AvgIpc) is 3.30. The van der Waals surface area contributed by atoms with E-state index in [4.69, 9.17) is 4.74 Å². The number of nitrogens with zero attached hydrogens (tertiary/aromatic N) is 2. The molecule has 136 valence electrons. The molecule has 3 fully saturated rings. The van der Waals surface area contributed by atoms with Crippen LogP contribution >= 0.6 is 0 Å². The zero-order valence-corrected chi connectivity index (χ0v) is 14.9. The number of guanidine groups is 1. The van der Waals surface area contributed by atoms with E-state index in [0.29, 0.717) is 17.9 Å². The van der Waals surface area contributed by atoms with Gasteiger partial charge in [0.2, 0.25) is 5.91 Å². The van der Waals surface area contributed by atoms with Crippen molar-refractivity contribution < 1.29 is 9.53 Å². The topological polar surface area (TPSA) is 66.0 Å². The fraction of sp³-hybridized carbons (Fsp3) is 0.889. The Kier molecular flexibility index (Phi) is 6.35. The highest BCUT2D eigenvalue weighted by molar-refractivity contribution is 5.81. The highest BCUT2D eigenvalue weighted by atomic mass is 16.5. The molecule has 0 spiro atoms. The van der Waals surface area contributed by atoms with E-state index in [9.17, 15) is 4.79 Å². The second kappa shape index (κ2) is 8.70. The summed E-state index contributed by atoms with van der Waals surface area (Å²) in [5, 5.41) is 6.88. The van der Waals surface area contributed by atoms with Crippen LogP contribution < -0.4 is 10.6 Å². The monoisotopic (exact) mass is 336 g/mol. The maximum Gasteiger partial charge on any atom is 0.225 e. The number of likely N-dealkylation sites (tertiary alicyclic amines) is 1. The number of carbonyl (C=O) groups excluding carboxylic acids is 1. The largest absolute Gasteiger partial charge is 0.381 e. The van der Waals surface area contributed by atoms with Gasteiger partial charge in [-0.05, 0) is 25.7 Å². The number of hydrogen-bond donors (Lipinski definition) is 2. The molecular weight excluding hydrogens is 304 g/mol. The lowest BCUT2D eigenvalue weighted by molar-refractivity contribution is -0.135. The lowest BCUT2D eigenvalue weighted by Crippen LogP contribution is -2.46. The molecule has 0 aromatic carbocycles. The van der Waals surface area contributed by atoms with Crippen LogP contribution in [0.4, 0.5) is 0 Å². The summed E-state index contributed by atoms with van der Waals surface area (Å²) in [7, 11) is 1.81. The summed E-state index contributed by atoms with van der Waals surface area (Å²) in [6, 6.07) is 0.309. The number of hydrogen-bond acceptors (Lipinski definition) is 3. The molecule has 1 saturated carbocycles. The molecule has 3 rings (SSSR count). The molecule has 24 heavy (non-hydrogen) atoms. The highest BCUT2D eigenvalue weighted by Gasteiger charge is 2.31. The molecule has 2 saturated heterocycles. The van der Waals surface area contributed by atoms with Crippen molar-refractivity contribution in [3.63, 3.8) is 0 Å². The molecule has 1 aliphatic carbocycles. The van der Waals surface area contributed by atoms with Crippen molar-refractivity contribution in [2.75, 3.05) is 39.9 Å². The van der Waals surface area contributed by atoms with Crippen LogP contribution in [0, 0.1) is 11.8 Å². The third-order valence-corrected chi connectivity index (χ3v) is 5.60. The number of rotatable bonds is 4. The maximum absolute atomic E-state index is 12.6. The van der Waals surface area contributed by atoms with Gasteiger partial charge in [-0.1, -0.05) is 19.3 Å². The van der Waals surface area contributed by atoms with Crippen molar-refractivity contribution in [1.29, 1.82) is 0 Å². The fourth-order valence-corrected chi connectivity index (χ4v) is 4.06. The van der Waals surface area contributed by atoms with Gasteiger partial charge < -0.3 is 20.3 Å². The van der Waals surface area contributed by atoms with Crippen molar-refractivity contribution in [2.45, 2.75) is 51.0 Å². The van der Waals surface area contributed by atoms with E-state index < -0.39 is 0 Å². The molecule has 1 amide bonds. The number of amides is 1. The van der Waals surface area contributed by atoms with Crippen molar-refractivity contribution in [3.05, 3.63) is 0 Å². The predicted molar refractivity (Wildman–Crippen MR) is 95.0 cm³/mol. The van der Waals surface area contributed by atoms with Crippen LogP contribution in [0.3, 0.4) is 0 Å². The molecule has 0 aromatic rings. The molecule has 0 radical (unpaired) electrons. The van der Waals surface area contributed by atoms with Gasteiger partial charge in [0.25, 0.3) is 0 Å². The molecule has 6 nitrogen and oxygen atoms in total. The summed E-state index contributed by atoms with van der Waals surface area (Å²) < 4.78 is 5.41. The van der Waals surface area contributed by atoms with Gasteiger partial charge in [0.05, 0.1) is 6.61 Å². The van der Waals surface area contributed by atoms with Gasteiger partial charge in [0, 0.05) is 51.2 Å². The summed E-state index contributed by atoms with van der Waals surface area (Å²) >= 11 is 0. The van der Waals surface area contributed by atoms with Gasteiger partial charge in [0.15, 0.2) is 5.96 Å². The van der Waals surface area contributed by atoms with Crippen LogP contribution in [0.1, 0.15) is 44.9 Å². The molecule has 2 aliphatic heterocycles. The summed E-state index contributed by atoms with van der Waals surface area (Å²) in [6.45, 7) is 4.30. The maximum atomic E-state index is 12.6. The number of ether oxygens (including phenoxy) is 1. The van der Waals surface area contributed by atoms with Crippen molar-refractivity contribution in [3.8, 4) is 0 Å². The number of carbonyl (C=O) groups is 1. The fourth-order valence-electron chi connectivity index (χ4n) is 4.06. The Morgan fingerprint density at radius 3 is 2.75 bits per heavy atom. The molecule has 2 N–H and O–H groups in total. The van der Waals surface area contributed by atoms with Gasteiger partial charge in [-0.3, -0.25) is 9.79 Å². The molecule has 2 atom stereocenters. The highest BCUT2D eigenvalue weighted by Crippen LogP contribution is 2.26. The molecule has 2 heterocycles. The number of nitrogens with one attached hydrogen (secondary N) is 2. The SMILES string of the molecule is CN=C(NCC1CCOC1)NC1CCN(C(=O)C2CCCCC2)C1. The molecule has 2 unspecified atom stereocenters. The Morgan fingerprint density at radius 1 is 1.21 bits per heavy atom. The van der Waals surface area contributed by atoms with Crippen molar-refractivity contribution in [2.24, 2.45) is 16.8 Å². The normalized spacial score (nSPS) is 29.0. The molecular formula is C18H32N4O2. The first-order chi connectivity index (χ1) is 11.8. The predicted octanol–water partition coefficient (Wildman–Crippen LogP) is 1.37. The minimum Gasteiger partial charge on any atom is -0.381 e. The molecule has 0 bridgehead atoms. The zero-order chi connectivity index (χ0) is 16.8. The lowest BCUT2D eigenvalue weighted by atomic mass is 9.88. The van der Waals surface area contributed by atoms with Crippen molar-refractivity contribution in [1.82, 2.24) is 15.5 Å². The Labute approximate surface area is 145 Å². The first-order valence-electron chi connectivity index (χ1n) is 9.60. The zero-order valence-electron chi connectivity index (χ0n) is 14.9. The van der Waals surface area contributed by atoms with Crippen LogP contribution in [0.2, 0.25) is 0 Å². The van der Waals surface area contributed by atoms with Gasteiger partial charge in [-0.25, -0.2) is 0 Å². The summed E-state index contributed by atoms with van der Waals surface area (Å²) in [5.41, 5.74) is 0. The van der Waals surface area contributed by atoms with Crippen LogP contribution in [0.25, 0.3) is 0 Å². The van der Waals surface area contributed by atoms with Gasteiger partial charge in [-0.15, -0.1) is 0 Å². The minimum absolute atomic E-state index is 0.275. The van der Waals surface area contributed by atoms with E-state index >= 15 is 0 Å². The Balaban J connectivity index is 1.41. The second-order valence-corrected chi connectivity index (χ2v) is 7.43. The summed E-state index contributed by atoms with van der Waals surface area (Å²) in [6.07, 6.45) is 8.02. The third-order valence-electron chi connectivity index (χ3n) is 5.60. The molecule has 6 heteroatoms. The van der Waals surface area contributed by atoms with Gasteiger partial charge >= 0.3 is 0 Å². The number of aliphatic imine (C=N–C) groups is 1. The first-order valence-corrected chi connectivity index (χ1v) is 9.60.